The third kappa shape index (κ3) is 2.43. The van der Waals surface area contributed by atoms with Crippen LogP contribution < -0.4 is 10.1 Å². The number of nitrogens with one attached hydrogen (secondary N) is 1. The number of hydrogen-bond donors (Lipinski definition) is 1. The van der Waals surface area contributed by atoms with Crippen LogP contribution in [0.3, 0.4) is 0 Å². The molecule has 1 heterocycles. The first kappa shape index (κ1) is 15.1. The molecule has 1 N–H and O–H groups in total. The summed E-state index contributed by atoms with van der Waals surface area (Å²) < 4.78 is 46.7. The largest absolute Gasteiger partial charge is 0.481 e. The van der Waals surface area contributed by atoms with Crippen molar-refractivity contribution in [3.63, 3.8) is 0 Å². The van der Waals surface area contributed by atoms with E-state index >= 15 is 0 Å². The molecule has 0 atom stereocenters. The number of fused-ring (bicyclic) bond motifs is 1. The van der Waals surface area contributed by atoms with Gasteiger partial charge in [-0.05, 0) is 52.8 Å². The van der Waals surface area contributed by atoms with Gasteiger partial charge in [-0.1, -0.05) is 0 Å². The second-order valence-corrected chi connectivity index (χ2v) is 5.90. The van der Waals surface area contributed by atoms with Gasteiger partial charge in [0.15, 0.2) is 18.2 Å². The molecule has 1 amide bonds. The molecule has 0 fully saturated rings. The van der Waals surface area contributed by atoms with Crippen LogP contribution in [-0.2, 0) is 4.79 Å². The first-order valence-electron chi connectivity index (χ1n) is 6.29. The average Bonchev–Trinajstić information content (AvgIpc) is 2.49. The van der Waals surface area contributed by atoms with E-state index in [1.807, 2.05) is 0 Å². The van der Waals surface area contributed by atoms with Crippen LogP contribution in [0.5, 0.6) is 5.75 Å². The van der Waals surface area contributed by atoms with Gasteiger partial charge in [0.05, 0.1) is 9.26 Å². The second-order valence-electron chi connectivity index (χ2n) is 4.82. The van der Waals surface area contributed by atoms with E-state index in [4.69, 9.17) is 4.74 Å². The summed E-state index contributed by atoms with van der Waals surface area (Å²) in [6.45, 7) is 1.39. The van der Waals surface area contributed by atoms with Gasteiger partial charge in [-0.2, -0.15) is 0 Å². The lowest BCUT2D eigenvalue weighted by Gasteiger charge is -2.20. The topological polar surface area (TPSA) is 38.3 Å². The molecule has 1 aliphatic rings. The van der Waals surface area contributed by atoms with Crippen molar-refractivity contribution in [3.8, 4) is 16.9 Å². The van der Waals surface area contributed by atoms with Crippen LogP contribution in [0.15, 0.2) is 18.2 Å². The minimum Gasteiger partial charge on any atom is -0.481 e. The molecule has 0 saturated carbocycles. The van der Waals surface area contributed by atoms with E-state index in [0.717, 1.165) is 12.1 Å². The summed E-state index contributed by atoms with van der Waals surface area (Å²) in [4.78, 5) is 11.3. The van der Waals surface area contributed by atoms with Crippen molar-refractivity contribution >= 4 is 34.2 Å². The van der Waals surface area contributed by atoms with Crippen molar-refractivity contribution in [3.05, 3.63) is 44.8 Å². The van der Waals surface area contributed by atoms with E-state index in [1.165, 1.54) is 6.07 Å². The zero-order chi connectivity index (χ0) is 16.0. The monoisotopic (exact) mass is 419 g/mol. The molecule has 2 aromatic carbocycles. The molecule has 1 aliphatic heterocycles. The van der Waals surface area contributed by atoms with Gasteiger partial charge in [-0.25, -0.2) is 13.2 Å². The van der Waals surface area contributed by atoms with Crippen molar-refractivity contribution in [2.24, 2.45) is 0 Å². The Balaban J connectivity index is 2.21. The molecule has 0 aromatic heterocycles. The molecule has 22 heavy (non-hydrogen) atoms. The average molecular weight is 419 g/mol. The molecule has 0 saturated heterocycles. The Bertz CT molecular complexity index is 808. The lowest BCUT2D eigenvalue weighted by atomic mass is 9.98. The molecule has 0 bridgehead atoms. The summed E-state index contributed by atoms with van der Waals surface area (Å²) in [6.07, 6.45) is 0. The molecule has 0 aliphatic carbocycles. The van der Waals surface area contributed by atoms with E-state index in [2.05, 4.69) is 5.32 Å². The summed E-state index contributed by atoms with van der Waals surface area (Å²) >= 11 is 1.67. The summed E-state index contributed by atoms with van der Waals surface area (Å²) in [5.74, 6) is -2.81. The Kier molecular flexibility index (Phi) is 3.75. The summed E-state index contributed by atoms with van der Waals surface area (Å²) in [5.41, 5.74) is 1.01. The molecule has 2 aromatic rings. The predicted octanol–water partition coefficient (Wildman–Crippen LogP) is 4.01. The maximum absolute atomic E-state index is 14.3. The van der Waals surface area contributed by atoms with Crippen LogP contribution in [0.1, 0.15) is 5.56 Å². The minimum atomic E-state index is -1.05. The Morgan fingerprint density at radius 1 is 1.14 bits per heavy atom. The molecule has 0 radical (unpaired) electrons. The first-order valence-corrected chi connectivity index (χ1v) is 7.37. The van der Waals surface area contributed by atoms with Crippen molar-refractivity contribution < 1.29 is 22.7 Å². The third-order valence-electron chi connectivity index (χ3n) is 3.40. The maximum Gasteiger partial charge on any atom is 0.262 e. The standard InChI is InChI=1S/C15H9F3INO2/c1-6-7(2-10(17)14(18)15(6)19)8-3-11-12(4-9(8)16)22-5-13(21)20-11/h2-4H,5H2,1H3,(H,20,21). The number of benzene rings is 2. The molecule has 114 valence electrons. The fourth-order valence-corrected chi connectivity index (χ4v) is 2.82. The number of rotatable bonds is 1. The quantitative estimate of drug-likeness (QED) is 0.561. The summed E-state index contributed by atoms with van der Waals surface area (Å²) in [6, 6.07) is 3.43. The molecule has 7 heteroatoms. The number of carbonyl (C=O) groups is 1. The van der Waals surface area contributed by atoms with Gasteiger partial charge in [0.1, 0.15) is 11.6 Å². The number of ether oxygens (including phenoxy) is 1. The van der Waals surface area contributed by atoms with E-state index in [-0.39, 0.29) is 33.0 Å². The number of anilines is 1. The van der Waals surface area contributed by atoms with Gasteiger partial charge in [0.2, 0.25) is 0 Å². The normalized spacial score (nSPS) is 13.4. The van der Waals surface area contributed by atoms with Crippen LogP contribution in [0, 0.1) is 27.9 Å². The molecular formula is C15H9F3INO2. The lowest BCUT2D eigenvalue weighted by Crippen LogP contribution is -2.25. The fourth-order valence-electron chi connectivity index (χ4n) is 2.27. The third-order valence-corrected chi connectivity index (χ3v) is 4.68. The van der Waals surface area contributed by atoms with Crippen molar-refractivity contribution in [1.82, 2.24) is 0 Å². The summed E-state index contributed by atoms with van der Waals surface area (Å²) in [5, 5.41) is 2.56. The van der Waals surface area contributed by atoms with Crippen molar-refractivity contribution in [2.45, 2.75) is 6.92 Å². The summed E-state index contributed by atoms with van der Waals surface area (Å²) in [7, 11) is 0. The SMILES string of the molecule is Cc1c(-c2cc3c(cc2F)OCC(=O)N3)cc(F)c(F)c1I. The van der Waals surface area contributed by atoms with E-state index in [9.17, 15) is 18.0 Å². The van der Waals surface area contributed by atoms with Gasteiger partial charge < -0.3 is 10.1 Å². The van der Waals surface area contributed by atoms with Gasteiger partial charge in [0.25, 0.3) is 5.91 Å². The Morgan fingerprint density at radius 2 is 1.86 bits per heavy atom. The second kappa shape index (κ2) is 5.45. The number of halogens is 4. The molecule has 3 rings (SSSR count). The van der Waals surface area contributed by atoms with Crippen LogP contribution in [0.4, 0.5) is 18.9 Å². The zero-order valence-electron chi connectivity index (χ0n) is 11.3. The van der Waals surface area contributed by atoms with E-state index in [0.29, 0.717) is 11.3 Å². The Morgan fingerprint density at radius 3 is 2.59 bits per heavy atom. The molecule has 0 spiro atoms. The number of carbonyl (C=O) groups excluding carboxylic acids is 1. The highest BCUT2D eigenvalue weighted by molar-refractivity contribution is 14.1. The molecule has 3 nitrogen and oxygen atoms in total. The van der Waals surface area contributed by atoms with Crippen LogP contribution in [0.25, 0.3) is 11.1 Å². The van der Waals surface area contributed by atoms with Gasteiger partial charge in [-0.3, -0.25) is 4.79 Å². The number of amides is 1. The van der Waals surface area contributed by atoms with Gasteiger partial charge >= 0.3 is 0 Å². The highest BCUT2D eigenvalue weighted by Crippen LogP contribution is 2.38. The fraction of sp³-hybridized carbons (Fsp3) is 0.133. The van der Waals surface area contributed by atoms with Crippen LogP contribution >= 0.6 is 22.6 Å². The minimum absolute atomic E-state index is 0.0684. The Hall–Kier alpha value is -1.77. The predicted molar refractivity (Wildman–Crippen MR) is 83.3 cm³/mol. The highest BCUT2D eigenvalue weighted by Gasteiger charge is 2.22. The van der Waals surface area contributed by atoms with E-state index in [1.54, 1.807) is 29.5 Å². The lowest BCUT2D eigenvalue weighted by molar-refractivity contribution is -0.118. The first-order chi connectivity index (χ1) is 10.4. The van der Waals surface area contributed by atoms with Gasteiger partial charge in [-0.15, -0.1) is 0 Å². The van der Waals surface area contributed by atoms with Crippen LogP contribution in [-0.4, -0.2) is 12.5 Å². The van der Waals surface area contributed by atoms with Crippen LogP contribution in [0.2, 0.25) is 0 Å². The van der Waals surface area contributed by atoms with Crippen molar-refractivity contribution in [1.29, 1.82) is 0 Å². The maximum atomic E-state index is 14.3. The van der Waals surface area contributed by atoms with Crippen molar-refractivity contribution in [2.75, 3.05) is 11.9 Å². The number of hydrogen-bond acceptors (Lipinski definition) is 2. The molecule has 0 unspecified atom stereocenters. The van der Waals surface area contributed by atoms with Gasteiger partial charge in [0, 0.05) is 11.6 Å². The molecular weight excluding hydrogens is 410 g/mol. The zero-order valence-corrected chi connectivity index (χ0v) is 13.4. The highest BCUT2D eigenvalue weighted by atomic mass is 127. The Labute approximate surface area is 137 Å². The van der Waals surface area contributed by atoms with E-state index < -0.39 is 17.5 Å². The smallest absolute Gasteiger partial charge is 0.262 e.